The lowest BCUT2D eigenvalue weighted by atomic mass is 10.0. The predicted octanol–water partition coefficient (Wildman–Crippen LogP) is 3.55. The van der Waals surface area contributed by atoms with Gasteiger partial charge in [0.25, 0.3) is 5.69 Å². The summed E-state index contributed by atoms with van der Waals surface area (Å²) in [6, 6.07) is 11.5. The van der Waals surface area contributed by atoms with Crippen molar-refractivity contribution < 1.29 is 14.1 Å². The third-order valence-corrected chi connectivity index (χ3v) is 2.95. The number of halogens is 1. The summed E-state index contributed by atoms with van der Waals surface area (Å²) >= 11 is 0. The Labute approximate surface area is 115 Å². The molecule has 0 fully saturated rings. The summed E-state index contributed by atoms with van der Waals surface area (Å²) in [7, 11) is 0. The lowest BCUT2D eigenvalue weighted by molar-refractivity contribution is -0.384. The summed E-state index contributed by atoms with van der Waals surface area (Å²) < 4.78 is 12.7. The Hall–Kier alpha value is -2.56. The molecule has 0 aliphatic carbocycles. The van der Waals surface area contributed by atoms with Crippen molar-refractivity contribution in [1.82, 2.24) is 0 Å². The first-order valence-corrected chi connectivity index (χ1v) is 6.08. The molecule has 0 spiro atoms. The lowest BCUT2D eigenvalue weighted by Crippen LogP contribution is -2.01. The van der Waals surface area contributed by atoms with E-state index >= 15 is 0 Å². The first kappa shape index (κ1) is 13.9. The zero-order chi connectivity index (χ0) is 14.5. The number of nitrogens with zero attached hydrogens (tertiary/aromatic N) is 1. The van der Waals surface area contributed by atoms with Crippen molar-refractivity contribution in [1.29, 1.82) is 0 Å². The molecular formula is C15H12FNO3. The summed E-state index contributed by atoms with van der Waals surface area (Å²) in [5, 5.41) is 10.5. The number of non-ortho nitro benzene ring substituents is 1. The maximum Gasteiger partial charge on any atom is 0.269 e. The highest BCUT2D eigenvalue weighted by atomic mass is 19.1. The van der Waals surface area contributed by atoms with E-state index in [0.717, 1.165) is 5.56 Å². The highest BCUT2D eigenvalue weighted by Gasteiger charge is 2.08. The van der Waals surface area contributed by atoms with Gasteiger partial charge in [-0.25, -0.2) is 4.39 Å². The normalized spacial score (nSPS) is 10.2. The van der Waals surface area contributed by atoms with E-state index in [0.29, 0.717) is 12.0 Å². The standard InChI is InChI=1S/C15H12FNO3/c16-13-6-4-12(5-7-13)15(18)10-3-11-1-8-14(9-2-11)17(19)20/h1-2,4-9H,3,10H2. The highest BCUT2D eigenvalue weighted by Crippen LogP contribution is 2.14. The van der Waals surface area contributed by atoms with E-state index in [2.05, 4.69) is 0 Å². The molecular weight excluding hydrogens is 261 g/mol. The number of rotatable bonds is 5. The summed E-state index contributed by atoms with van der Waals surface area (Å²) in [5.74, 6) is -0.458. The van der Waals surface area contributed by atoms with E-state index in [-0.39, 0.29) is 23.7 Å². The fourth-order valence-corrected chi connectivity index (χ4v) is 1.82. The smallest absolute Gasteiger partial charge is 0.269 e. The van der Waals surface area contributed by atoms with Gasteiger partial charge >= 0.3 is 0 Å². The number of ketones is 1. The zero-order valence-electron chi connectivity index (χ0n) is 10.6. The summed E-state index contributed by atoms with van der Waals surface area (Å²) in [6.07, 6.45) is 0.775. The molecule has 0 unspecified atom stereocenters. The lowest BCUT2D eigenvalue weighted by Gasteiger charge is -2.02. The average Bonchev–Trinajstić information content (AvgIpc) is 2.46. The van der Waals surface area contributed by atoms with Crippen LogP contribution in [0.4, 0.5) is 10.1 Å². The van der Waals surface area contributed by atoms with Gasteiger partial charge in [-0.15, -0.1) is 0 Å². The van der Waals surface area contributed by atoms with E-state index in [1.165, 1.54) is 36.4 Å². The number of Topliss-reactive ketones (excluding diaryl/α,β-unsaturated/α-hetero) is 1. The maximum atomic E-state index is 12.7. The van der Waals surface area contributed by atoms with Crippen LogP contribution in [0.1, 0.15) is 22.3 Å². The number of hydrogen-bond donors (Lipinski definition) is 0. The second-order valence-corrected chi connectivity index (χ2v) is 4.35. The molecule has 0 aliphatic rings. The molecule has 0 N–H and O–H groups in total. The van der Waals surface area contributed by atoms with Crippen molar-refractivity contribution in [3.8, 4) is 0 Å². The van der Waals surface area contributed by atoms with Crippen LogP contribution in [0.15, 0.2) is 48.5 Å². The van der Waals surface area contributed by atoms with Crippen LogP contribution in [0.5, 0.6) is 0 Å². The molecule has 0 aromatic heterocycles. The van der Waals surface area contributed by atoms with E-state index in [1.54, 1.807) is 12.1 Å². The zero-order valence-corrected chi connectivity index (χ0v) is 10.6. The van der Waals surface area contributed by atoms with Crippen LogP contribution in [0, 0.1) is 15.9 Å². The van der Waals surface area contributed by atoms with Crippen LogP contribution >= 0.6 is 0 Å². The van der Waals surface area contributed by atoms with Gasteiger partial charge in [-0.05, 0) is 36.2 Å². The van der Waals surface area contributed by atoms with E-state index in [1.807, 2.05) is 0 Å². The Kier molecular flexibility index (Phi) is 4.20. The third kappa shape index (κ3) is 3.47. The number of nitro benzene ring substituents is 1. The topological polar surface area (TPSA) is 60.2 Å². The molecule has 2 aromatic rings. The highest BCUT2D eigenvalue weighted by molar-refractivity contribution is 5.96. The fourth-order valence-electron chi connectivity index (χ4n) is 1.82. The monoisotopic (exact) mass is 273 g/mol. The van der Waals surface area contributed by atoms with E-state index in [9.17, 15) is 19.3 Å². The molecule has 0 aliphatic heterocycles. The maximum absolute atomic E-state index is 12.7. The second-order valence-electron chi connectivity index (χ2n) is 4.35. The quantitative estimate of drug-likeness (QED) is 0.475. The number of benzene rings is 2. The SMILES string of the molecule is O=C(CCc1ccc([N+](=O)[O-])cc1)c1ccc(F)cc1. The minimum absolute atomic E-state index is 0.0265. The van der Waals surface area contributed by atoms with Gasteiger partial charge in [0.2, 0.25) is 0 Å². The first-order chi connectivity index (χ1) is 9.56. The Morgan fingerprint density at radius 2 is 1.65 bits per heavy atom. The molecule has 2 rings (SSSR count). The van der Waals surface area contributed by atoms with E-state index < -0.39 is 4.92 Å². The largest absolute Gasteiger partial charge is 0.294 e. The predicted molar refractivity (Wildman–Crippen MR) is 72.1 cm³/mol. The third-order valence-electron chi connectivity index (χ3n) is 2.95. The molecule has 0 radical (unpaired) electrons. The van der Waals surface area contributed by atoms with Crippen molar-refractivity contribution in [3.63, 3.8) is 0 Å². The molecule has 0 heterocycles. The summed E-state index contributed by atoms with van der Waals surface area (Å²) in [5.41, 5.74) is 1.35. The number of carbonyl (C=O) groups excluding carboxylic acids is 1. The summed E-state index contributed by atoms with van der Waals surface area (Å²) in [6.45, 7) is 0. The summed E-state index contributed by atoms with van der Waals surface area (Å²) in [4.78, 5) is 21.9. The molecule has 4 nitrogen and oxygen atoms in total. The molecule has 0 bridgehead atoms. The molecule has 5 heteroatoms. The Morgan fingerprint density at radius 3 is 2.20 bits per heavy atom. The van der Waals surface area contributed by atoms with Crippen LogP contribution in [-0.4, -0.2) is 10.7 Å². The molecule has 0 amide bonds. The molecule has 0 saturated carbocycles. The van der Waals surface area contributed by atoms with Gasteiger partial charge in [-0.1, -0.05) is 12.1 Å². The van der Waals surface area contributed by atoms with Gasteiger partial charge < -0.3 is 0 Å². The Morgan fingerprint density at radius 1 is 1.05 bits per heavy atom. The Bertz CT molecular complexity index is 621. The van der Waals surface area contributed by atoms with Crippen molar-refractivity contribution in [2.45, 2.75) is 12.8 Å². The van der Waals surface area contributed by atoms with Gasteiger partial charge in [0, 0.05) is 24.1 Å². The van der Waals surface area contributed by atoms with Gasteiger partial charge in [0.1, 0.15) is 5.82 Å². The van der Waals surface area contributed by atoms with Crippen LogP contribution in [-0.2, 0) is 6.42 Å². The van der Waals surface area contributed by atoms with Crippen LogP contribution < -0.4 is 0 Å². The molecule has 20 heavy (non-hydrogen) atoms. The van der Waals surface area contributed by atoms with Crippen molar-refractivity contribution in [3.05, 3.63) is 75.6 Å². The molecule has 0 saturated heterocycles. The molecule has 0 atom stereocenters. The number of nitro groups is 1. The average molecular weight is 273 g/mol. The number of carbonyl (C=O) groups is 1. The minimum atomic E-state index is -0.465. The van der Waals surface area contributed by atoms with Gasteiger partial charge in [0.15, 0.2) is 5.78 Å². The van der Waals surface area contributed by atoms with Gasteiger partial charge in [-0.3, -0.25) is 14.9 Å². The molecule has 102 valence electrons. The molecule has 2 aromatic carbocycles. The van der Waals surface area contributed by atoms with Crippen LogP contribution in [0.2, 0.25) is 0 Å². The van der Waals surface area contributed by atoms with Crippen LogP contribution in [0.3, 0.4) is 0 Å². The van der Waals surface area contributed by atoms with E-state index in [4.69, 9.17) is 0 Å². The number of aryl methyl sites for hydroxylation is 1. The number of hydrogen-bond acceptors (Lipinski definition) is 3. The fraction of sp³-hybridized carbons (Fsp3) is 0.133. The first-order valence-electron chi connectivity index (χ1n) is 6.08. The van der Waals surface area contributed by atoms with Crippen LogP contribution in [0.25, 0.3) is 0 Å². The minimum Gasteiger partial charge on any atom is -0.294 e. The second kappa shape index (κ2) is 6.06. The van der Waals surface area contributed by atoms with Gasteiger partial charge in [0.05, 0.1) is 4.92 Å². The van der Waals surface area contributed by atoms with Crippen molar-refractivity contribution >= 4 is 11.5 Å². The van der Waals surface area contributed by atoms with Crippen molar-refractivity contribution in [2.75, 3.05) is 0 Å². The Balaban J connectivity index is 1.96. The van der Waals surface area contributed by atoms with Gasteiger partial charge in [-0.2, -0.15) is 0 Å². The van der Waals surface area contributed by atoms with Crippen molar-refractivity contribution in [2.24, 2.45) is 0 Å².